The Morgan fingerprint density at radius 3 is 2.85 bits per heavy atom. The van der Waals surface area contributed by atoms with Crippen LogP contribution in [0.3, 0.4) is 0 Å². The van der Waals surface area contributed by atoms with Crippen LogP contribution in [0.15, 0.2) is 18.2 Å². The van der Waals surface area contributed by atoms with Crippen molar-refractivity contribution < 1.29 is 14.0 Å². The highest BCUT2D eigenvalue weighted by molar-refractivity contribution is 5.94. The number of nitrogens with one attached hydrogen (secondary N) is 1. The number of piperazine rings is 1. The maximum atomic E-state index is 13.3. The zero-order valence-corrected chi connectivity index (χ0v) is 11.8. The number of carbonyl (C=O) groups is 2. The summed E-state index contributed by atoms with van der Waals surface area (Å²) in [5.74, 6) is -0.571. The molecule has 0 spiro atoms. The van der Waals surface area contributed by atoms with E-state index < -0.39 is 6.04 Å². The average molecular weight is 278 g/mol. The third-order valence-corrected chi connectivity index (χ3v) is 3.63. The average Bonchev–Trinajstić information content (AvgIpc) is 2.42. The Bertz CT molecular complexity index is 531. The van der Waals surface area contributed by atoms with Gasteiger partial charge < -0.3 is 10.2 Å². The quantitative estimate of drug-likeness (QED) is 0.912. The lowest BCUT2D eigenvalue weighted by Crippen LogP contribution is -2.57. The molecule has 0 aliphatic carbocycles. The second-order valence-electron chi connectivity index (χ2n) is 5.11. The van der Waals surface area contributed by atoms with Crippen LogP contribution in [0.25, 0.3) is 0 Å². The Kier molecular flexibility index (Phi) is 4.37. The zero-order valence-electron chi connectivity index (χ0n) is 11.8. The summed E-state index contributed by atoms with van der Waals surface area (Å²) < 4.78 is 13.3. The fourth-order valence-electron chi connectivity index (χ4n) is 2.45. The molecule has 2 rings (SSSR count). The minimum Gasteiger partial charge on any atom is -0.345 e. The van der Waals surface area contributed by atoms with Crippen LogP contribution >= 0.6 is 0 Å². The van der Waals surface area contributed by atoms with Gasteiger partial charge in [-0.2, -0.15) is 0 Å². The monoisotopic (exact) mass is 278 g/mol. The van der Waals surface area contributed by atoms with E-state index in [0.717, 1.165) is 17.5 Å². The molecule has 0 radical (unpaired) electrons. The fraction of sp³-hybridized carbons (Fsp3) is 0.467. The van der Waals surface area contributed by atoms with Crippen molar-refractivity contribution in [3.63, 3.8) is 0 Å². The molecule has 1 saturated heterocycles. The van der Waals surface area contributed by atoms with Crippen LogP contribution in [-0.2, 0) is 16.1 Å². The molecule has 1 aromatic carbocycles. The maximum Gasteiger partial charge on any atom is 0.243 e. The van der Waals surface area contributed by atoms with Crippen LogP contribution in [0.4, 0.5) is 4.39 Å². The first kappa shape index (κ1) is 14.5. The van der Waals surface area contributed by atoms with Gasteiger partial charge in [-0.3, -0.25) is 9.59 Å². The van der Waals surface area contributed by atoms with Gasteiger partial charge in [0.2, 0.25) is 11.8 Å². The van der Waals surface area contributed by atoms with Crippen molar-refractivity contribution >= 4 is 11.8 Å². The molecule has 20 heavy (non-hydrogen) atoms. The largest absolute Gasteiger partial charge is 0.345 e. The number of benzene rings is 1. The summed E-state index contributed by atoms with van der Waals surface area (Å²) in [6.45, 7) is 4.14. The van der Waals surface area contributed by atoms with E-state index in [1.807, 2.05) is 13.8 Å². The van der Waals surface area contributed by atoms with Gasteiger partial charge in [-0.1, -0.05) is 19.4 Å². The van der Waals surface area contributed by atoms with E-state index in [9.17, 15) is 14.0 Å². The molecule has 0 saturated carbocycles. The van der Waals surface area contributed by atoms with Gasteiger partial charge in [-0.15, -0.1) is 0 Å². The standard InChI is InChI=1S/C15H19FN2O2/c1-3-4-13-15(20)17-8-14(19)18(13)9-11-7-12(16)6-5-10(11)2/h5-7,13H,3-4,8-9H2,1-2H3,(H,17,20). The number of nitrogens with zero attached hydrogens (tertiary/aromatic N) is 1. The lowest BCUT2D eigenvalue weighted by Gasteiger charge is -2.35. The van der Waals surface area contributed by atoms with Crippen LogP contribution < -0.4 is 5.32 Å². The number of rotatable bonds is 4. The molecule has 0 aromatic heterocycles. The summed E-state index contributed by atoms with van der Waals surface area (Å²) in [6.07, 6.45) is 1.43. The maximum absolute atomic E-state index is 13.3. The molecule has 1 unspecified atom stereocenters. The summed E-state index contributed by atoms with van der Waals surface area (Å²) in [5, 5.41) is 2.60. The summed E-state index contributed by atoms with van der Waals surface area (Å²) in [6, 6.07) is 4.06. The van der Waals surface area contributed by atoms with Gasteiger partial charge in [0.05, 0.1) is 6.54 Å². The van der Waals surface area contributed by atoms with E-state index in [1.165, 1.54) is 12.1 Å². The van der Waals surface area contributed by atoms with Crippen molar-refractivity contribution in [3.05, 3.63) is 35.1 Å². The van der Waals surface area contributed by atoms with Crippen LogP contribution in [0.2, 0.25) is 0 Å². The first-order valence-electron chi connectivity index (χ1n) is 6.85. The molecule has 1 N–H and O–H groups in total. The van der Waals surface area contributed by atoms with Crippen molar-refractivity contribution in [3.8, 4) is 0 Å². The number of carbonyl (C=O) groups excluding carboxylic acids is 2. The Balaban J connectivity index is 2.25. The molecule has 1 aromatic rings. The molecule has 108 valence electrons. The van der Waals surface area contributed by atoms with E-state index in [1.54, 1.807) is 11.0 Å². The Morgan fingerprint density at radius 2 is 2.15 bits per heavy atom. The Labute approximate surface area is 118 Å². The highest BCUT2D eigenvalue weighted by Crippen LogP contribution is 2.19. The molecule has 2 amide bonds. The minimum absolute atomic E-state index is 0.0212. The third kappa shape index (κ3) is 2.98. The molecule has 1 fully saturated rings. The highest BCUT2D eigenvalue weighted by atomic mass is 19.1. The van der Waals surface area contributed by atoms with Crippen molar-refractivity contribution in [2.45, 2.75) is 39.3 Å². The predicted molar refractivity (Wildman–Crippen MR) is 73.4 cm³/mol. The lowest BCUT2D eigenvalue weighted by molar-refractivity contribution is -0.146. The van der Waals surface area contributed by atoms with Gasteiger partial charge >= 0.3 is 0 Å². The van der Waals surface area contributed by atoms with Gasteiger partial charge in [-0.25, -0.2) is 4.39 Å². The van der Waals surface area contributed by atoms with Gasteiger partial charge in [0.15, 0.2) is 0 Å². The zero-order chi connectivity index (χ0) is 14.7. The summed E-state index contributed by atoms with van der Waals surface area (Å²) in [4.78, 5) is 25.5. The van der Waals surface area contributed by atoms with E-state index in [4.69, 9.17) is 0 Å². The second kappa shape index (κ2) is 6.03. The van der Waals surface area contributed by atoms with Gasteiger partial charge in [0.25, 0.3) is 0 Å². The predicted octanol–water partition coefficient (Wildman–Crippen LogP) is 1.76. The van der Waals surface area contributed by atoms with Crippen molar-refractivity contribution in [1.29, 1.82) is 0 Å². The third-order valence-electron chi connectivity index (χ3n) is 3.63. The van der Waals surface area contributed by atoms with Gasteiger partial charge in [0.1, 0.15) is 11.9 Å². The fourth-order valence-corrected chi connectivity index (χ4v) is 2.45. The normalized spacial score (nSPS) is 19.1. The lowest BCUT2D eigenvalue weighted by atomic mass is 10.0. The number of hydrogen-bond donors (Lipinski definition) is 1. The molecule has 1 aliphatic heterocycles. The minimum atomic E-state index is -0.455. The molecular formula is C15H19FN2O2. The number of amides is 2. The van der Waals surface area contributed by atoms with Crippen LogP contribution in [-0.4, -0.2) is 29.3 Å². The first-order valence-corrected chi connectivity index (χ1v) is 6.85. The van der Waals surface area contributed by atoms with E-state index in [0.29, 0.717) is 6.42 Å². The van der Waals surface area contributed by atoms with E-state index in [2.05, 4.69) is 5.32 Å². The molecule has 5 heteroatoms. The van der Waals surface area contributed by atoms with Crippen molar-refractivity contribution in [2.75, 3.05) is 6.54 Å². The van der Waals surface area contributed by atoms with Gasteiger partial charge in [0, 0.05) is 6.54 Å². The molecule has 1 heterocycles. The van der Waals surface area contributed by atoms with Crippen molar-refractivity contribution in [2.24, 2.45) is 0 Å². The number of halogens is 1. The first-order chi connectivity index (χ1) is 9.52. The van der Waals surface area contributed by atoms with Gasteiger partial charge in [-0.05, 0) is 36.6 Å². The SMILES string of the molecule is CCCC1C(=O)NCC(=O)N1Cc1cc(F)ccc1C. The smallest absolute Gasteiger partial charge is 0.243 e. The Morgan fingerprint density at radius 1 is 1.40 bits per heavy atom. The highest BCUT2D eigenvalue weighted by Gasteiger charge is 2.33. The number of hydrogen-bond acceptors (Lipinski definition) is 2. The van der Waals surface area contributed by atoms with Crippen LogP contribution in [0.5, 0.6) is 0 Å². The number of aryl methyl sites for hydroxylation is 1. The Hall–Kier alpha value is -1.91. The van der Waals surface area contributed by atoms with E-state index in [-0.39, 0.29) is 30.7 Å². The molecule has 1 aliphatic rings. The van der Waals surface area contributed by atoms with Crippen LogP contribution in [0, 0.1) is 12.7 Å². The van der Waals surface area contributed by atoms with Crippen LogP contribution in [0.1, 0.15) is 30.9 Å². The van der Waals surface area contributed by atoms with E-state index >= 15 is 0 Å². The molecule has 4 nitrogen and oxygen atoms in total. The molecule has 1 atom stereocenters. The van der Waals surface area contributed by atoms with Crippen molar-refractivity contribution in [1.82, 2.24) is 10.2 Å². The topological polar surface area (TPSA) is 49.4 Å². The second-order valence-corrected chi connectivity index (χ2v) is 5.11. The summed E-state index contributed by atoms with van der Waals surface area (Å²) in [7, 11) is 0. The summed E-state index contributed by atoms with van der Waals surface area (Å²) >= 11 is 0. The molecule has 0 bridgehead atoms. The summed E-state index contributed by atoms with van der Waals surface area (Å²) in [5.41, 5.74) is 1.66. The molecular weight excluding hydrogens is 259 g/mol.